The molecule has 0 bridgehead atoms. The second-order valence-corrected chi connectivity index (χ2v) is 8.07. The third kappa shape index (κ3) is 5.45. The summed E-state index contributed by atoms with van der Waals surface area (Å²) in [5.41, 5.74) is 4.01. The molecular weight excluding hydrogens is 392 g/mol. The lowest BCUT2D eigenvalue weighted by Gasteiger charge is -2.30. The van der Waals surface area contributed by atoms with Crippen molar-refractivity contribution in [2.45, 2.75) is 59.6 Å². The third-order valence-electron chi connectivity index (χ3n) is 5.00. The maximum atomic E-state index is 12.9. The maximum Gasteiger partial charge on any atom is 0.338 e. The van der Waals surface area contributed by atoms with Crippen molar-refractivity contribution >= 4 is 12.0 Å². The molecule has 6 nitrogen and oxygen atoms in total. The van der Waals surface area contributed by atoms with Crippen LogP contribution in [0.5, 0.6) is 11.5 Å². The average molecular weight is 423 g/mol. The van der Waals surface area contributed by atoms with Gasteiger partial charge in [0, 0.05) is 5.70 Å². The lowest BCUT2D eigenvalue weighted by Crippen LogP contribution is -2.46. The highest BCUT2D eigenvalue weighted by Crippen LogP contribution is 2.32. The fourth-order valence-corrected chi connectivity index (χ4v) is 3.51. The standard InChI is InChI=1S/C25H30N2O4/c1-6-7-20-22(24(28)30-15(2)3)23(27-25(29)26-20)18-10-12-19(13-11-18)31-21-14-16(4)8-9-17(21)5/h8-15,23H,6-7H2,1-5H3,(H2,26,27,29). The van der Waals surface area contributed by atoms with Crippen molar-refractivity contribution in [3.05, 3.63) is 70.4 Å². The second kappa shape index (κ2) is 9.69. The van der Waals surface area contributed by atoms with E-state index in [1.54, 1.807) is 13.8 Å². The molecular formula is C25H30N2O4. The average Bonchev–Trinajstić information content (AvgIpc) is 2.70. The molecule has 0 aromatic heterocycles. The van der Waals surface area contributed by atoms with Gasteiger partial charge in [0.15, 0.2) is 0 Å². The molecule has 2 N–H and O–H groups in total. The van der Waals surface area contributed by atoms with E-state index in [1.807, 2.05) is 63.2 Å². The monoisotopic (exact) mass is 422 g/mol. The summed E-state index contributed by atoms with van der Waals surface area (Å²) in [5, 5.41) is 5.64. The predicted molar refractivity (Wildman–Crippen MR) is 120 cm³/mol. The van der Waals surface area contributed by atoms with Gasteiger partial charge in [-0.2, -0.15) is 0 Å². The summed E-state index contributed by atoms with van der Waals surface area (Å²) in [6, 6.07) is 12.6. The van der Waals surface area contributed by atoms with E-state index in [2.05, 4.69) is 10.6 Å². The molecule has 0 saturated heterocycles. The molecule has 0 aliphatic carbocycles. The zero-order valence-electron chi connectivity index (χ0n) is 18.7. The molecule has 164 valence electrons. The Balaban J connectivity index is 1.91. The van der Waals surface area contributed by atoms with Crippen LogP contribution in [0.3, 0.4) is 0 Å². The van der Waals surface area contributed by atoms with Crippen molar-refractivity contribution in [1.82, 2.24) is 10.6 Å². The Bertz CT molecular complexity index is 993. The molecule has 1 atom stereocenters. The molecule has 2 amide bonds. The summed E-state index contributed by atoms with van der Waals surface area (Å²) < 4.78 is 11.5. The number of nitrogens with one attached hydrogen (secondary N) is 2. The van der Waals surface area contributed by atoms with E-state index < -0.39 is 12.0 Å². The van der Waals surface area contributed by atoms with E-state index in [4.69, 9.17) is 9.47 Å². The minimum Gasteiger partial charge on any atom is -0.459 e. The Morgan fingerprint density at radius 1 is 1.10 bits per heavy atom. The number of hydrogen-bond acceptors (Lipinski definition) is 4. The van der Waals surface area contributed by atoms with Crippen LogP contribution >= 0.6 is 0 Å². The van der Waals surface area contributed by atoms with E-state index in [9.17, 15) is 9.59 Å². The van der Waals surface area contributed by atoms with Crippen LogP contribution in [0.1, 0.15) is 56.3 Å². The van der Waals surface area contributed by atoms with Crippen molar-refractivity contribution in [3.63, 3.8) is 0 Å². The molecule has 1 unspecified atom stereocenters. The fraction of sp³-hybridized carbons (Fsp3) is 0.360. The van der Waals surface area contributed by atoms with E-state index in [1.165, 1.54) is 0 Å². The first-order chi connectivity index (χ1) is 14.8. The smallest absolute Gasteiger partial charge is 0.338 e. The number of carbonyl (C=O) groups excluding carboxylic acids is 2. The molecule has 0 radical (unpaired) electrons. The van der Waals surface area contributed by atoms with Crippen LogP contribution < -0.4 is 15.4 Å². The lowest BCUT2D eigenvalue weighted by atomic mass is 9.93. The molecule has 31 heavy (non-hydrogen) atoms. The maximum absolute atomic E-state index is 12.9. The minimum absolute atomic E-state index is 0.255. The van der Waals surface area contributed by atoms with Gasteiger partial charge in [0.25, 0.3) is 0 Å². The first kappa shape index (κ1) is 22.4. The normalized spacial score (nSPS) is 16.1. The number of esters is 1. The van der Waals surface area contributed by atoms with Crippen LogP contribution in [0.2, 0.25) is 0 Å². The van der Waals surface area contributed by atoms with E-state index in [0.717, 1.165) is 28.9 Å². The molecule has 0 saturated carbocycles. The van der Waals surface area contributed by atoms with Crippen LogP contribution in [0.4, 0.5) is 4.79 Å². The highest BCUT2D eigenvalue weighted by molar-refractivity contribution is 5.95. The number of allylic oxidation sites excluding steroid dienone is 1. The molecule has 0 fully saturated rings. The van der Waals surface area contributed by atoms with Gasteiger partial charge in [-0.05, 0) is 69.0 Å². The molecule has 6 heteroatoms. The van der Waals surface area contributed by atoms with E-state index in [-0.39, 0.29) is 12.1 Å². The number of urea groups is 1. The summed E-state index contributed by atoms with van der Waals surface area (Å²) >= 11 is 0. The van der Waals surface area contributed by atoms with E-state index in [0.29, 0.717) is 23.4 Å². The largest absolute Gasteiger partial charge is 0.459 e. The Morgan fingerprint density at radius 2 is 1.81 bits per heavy atom. The van der Waals surface area contributed by atoms with Gasteiger partial charge in [-0.25, -0.2) is 9.59 Å². The molecule has 3 rings (SSSR count). The first-order valence-corrected chi connectivity index (χ1v) is 10.6. The lowest BCUT2D eigenvalue weighted by molar-refractivity contribution is -0.143. The van der Waals surface area contributed by atoms with Gasteiger partial charge in [-0.1, -0.05) is 37.6 Å². The van der Waals surface area contributed by atoms with Crippen molar-refractivity contribution in [1.29, 1.82) is 0 Å². The zero-order valence-corrected chi connectivity index (χ0v) is 18.7. The number of hydrogen-bond donors (Lipinski definition) is 2. The van der Waals surface area contributed by atoms with Crippen LogP contribution in [0.15, 0.2) is 53.7 Å². The Kier molecular flexibility index (Phi) is 7.00. The van der Waals surface area contributed by atoms with Crippen LogP contribution in [0.25, 0.3) is 0 Å². The van der Waals surface area contributed by atoms with Crippen LogP contribution in [-0.4, -0.2) is 18.1 Å². The molecule has 1 heterocycles. The SMILES string of the molecule is CCCC1=C(C(=O)OC(C)C)C(c2ccc(Oc3cc(C)ccc3C)cc2)NC(=O)N1. The van der Waals surface area contributed by atoms with E-state index >= 15 is 0 Å². The van der Waals surface area contributed by atoms with Gasteiger partial charge in [-0.3, -0.25) is 0 Å². The Labute approximate surface area is 183 Å². The molecule has 1 aliphatic rings. The highest BCUT2D eigenvalue weighted by Gasteiger charge is 2.33. The van der Waals surface area contributed by atoms with Crippen LogP contribution in [-0.2, 0) is 9.53 Å². The predicted octanol–water partition coefficient (Wildman–Crippen LogP) is 5.46. The number of aryl methyl sites for hydroxylation is 2. The van der Waals surface area contributed by atoms with Crippen molar-refractivity contribution in [3.8, 4) is 11.5 Å². The van der Waals surface area contributed by atoms with Gasteiger partial charge in [0.1, 0.15) is 11.5 Å². The van der Waals surface area contributed by atoms with Gasteiger partial charge >= 0.3 is 12.0 Å². The molecule has 2 aromatic rings. The van der Waals surface area contributed by atoms with Gasteiger partial charge < -0.3 is 20.1 Å². The number of ether oxygens (including phenoxy) is 2. The van der Waals surface area contributed by atoms with Gasteiger partial charge in [-0.15, -0.1) is 0 Å². The van der Waals surface area contributed by atoms with Crippen LogP contribution in [0, 0.1) is 13.8 Å². The summed E-state index contributed by atoms with van der Waals surface area (Å²) in [6.45, 7) is 9.64. The van der Waals surface area contributed by atoms with Gasteiger partial charge in [0.2, 0.25) is 0 Å². The second-order valence-electron chi connectivity index (χ2n) is 8.07. The van der Waals surface area contributed by atoms with Gasteiger partial charge in [0.05, 0.1) is 17.7 Å². The summed E-state index contributed by atoms with van der Waals surface area (Å²) in [5.74, 6) is 1.06. The molecule has 2 aromatic carbocycles. The highest BCUT2D eigenvalue weighted by atomic mass is 16.5. The summed E-state index contributed by atoms with van der Waals surface area (Å²) in [7, 11) is 0. The van der Waals surface area contributed by atoms with Crippen molar-refractivity contribution in [2.24, 2.45) is 0 Å². The fourth-order valence-electron chi connectivity index (χ4n) is 3.51. The quantitative estimate of drug-likeness (QED) is 0.581. The Morgan fingerprint density at radius 3 is 2.45 bits per heavy atom. The molecule has 0 spiro atoms. The number of benzene rings is 2. The number of amides is 2. The number of rotatable bonds is 7. The molecule has 1 aliphatic heterocycles. The first-order valence-electron chi connectivity index (χ1n) is 10.6. The van der Waals surface area contributed by atoms with Crippen molar-refractivity contribution < 1.29 is 19.1 Å². The van der Waals surface area contributed by atoms with Crippen molar-refractivity contribution in [2.75, 3.05) is 0 Å². The topological polar surface area (TPSA) is 76.7 Å². The number of carbonyl (C=O) groups is 2. The summed E-state index contributed by atoms with van der Waals surface area (Å²) in [6.07, 6.45) is 1.12. The zero-order chi connectivity index (χ0) is 22.5. The Hall–Kier alpha value is -3.28. The summed E-state index contributed by atoms with van der Waals surface area (Å²) in [4.78, 5) is 25.1. The minimum atomic E-state index is -0.587. The third-order valence-corrected chi connectivity index (χ3v) is 5.00.